The van der Waals surface area contributed by atoms with Crippen LogP contribution in [-0.4, -0.2) is 37.0 Å². The van der Waals surface area contributed by atoms with E-state index in [-0.39, 0.29) is 5.91 Å². The van der Waals surface area contributed by atoms with Gasteiger partial charge in [-0.3, -0.25) is 15.1 Å². The van der Waals surface area contributed by atoms with E-state index in [1.807, 2.05) is 0 Å². The van der Waals surface area contributed by atoms with Gasteiger partial charge in [-0.1, -0.05) is 13.8 Å². The maximum atomic E-state index is 11.3. The van der Waals surface area contributed by atoms with Crippen molar-refractivity contribution in [3.05, 3.63) is 29.8 Å². The number of hydrogen-bond donors (Lipinski definition) is 2. The molecule has 20 heavy (non-hydrogen) atoms. The van der Waals surface area contributed by atoms with Crippen molar-refractivity contribution in [1.82, 2.24) is 10.3 Å². The van der Waals surface area contributed by atoms with Gasteiger partial charge in [-0.2, -0.15) is 0 Å². The number of nitrogen functional groups attached to an aromatic ring is 1. The molecule has 0 spiro atoms. The van der Waals surface area contributed by atoms with Crippen LogP contribution in [0.15, 0.2) is 24.3 Å². The molecule has 2 unspecified atom stereocenters. The molecule has 5 heteroatoms. The highest BCUT2D eigenvalue weighted by Crippen LogP contribution is 2.21. The van der Waals surface area contributed by atoms with Crippen molar-refractivity contribution in [2.45, 2.75) is 13.8 Å². The topological polar surface area (TPSA) is 67.6 Å². The summed E-state index contributed by atoms with van der Waals surface area (Å²) in [6.07, 6.45) is 0. The molecule has 1 aliphatic rings. The van der Waals surface area contributed by atoms with E-state index in [9.17, 15) is 4.79 Å². The predicted molar refractivity (Wildman–Crippen MR) is 78.4 cm³/mol. The summed E-state index contributed by atoms with van der Waals surface area (Å²) in [5.74, 6) is 7.10. The van der Waals surface area contributed by atoms with Crippen molar-refractivity contribution in [3.8, 4) is 5.75 Å². The van der Waals surface area contributed by atoms with Gasteiger partial charge in [0.2, 0.25) is 0 Å². The Morgan fingerprint density at radius 1 is 1.30 bits per heavy atom. The van der Waals surface area contributed by atoms with Crippen LogP contribution < -0.4 is 16.0 Å². The highest BCUT2D eigenvalue weighted by Gasteiger charge is 2.25. The van der Waals surface area contributed by atoms with E-state index in [2.05, 4.69) is 24.2 Å². The summed E-state index contributed by atoms with van der Waals surface area (Å²) in [5.41, 5.74) is 2.63. The van der Waals surface area contributed by atoms with Crippen LogP contribution in [0.3, 0.4) is 0 Å². The molecule has 0 bridgehead atoms. The van der Waals surface area contributed by atoms with Gasteiger partial charge in [-0.25, -0.2) is 5.84 Å². The predicted octanol–water partition coefficient (Wildman–Crippen LogP) is 1.26. The summed E-state index contributed by atoms with van der Waals surface area (Å²) in [4.78, 5) is 13.7. The van der Waals surface area contributed by atoms with Crippen molar-refractivity contribution < 1.29 is 9.53 Å². The van der Waals surface area contributed by atoms with E-state index in [0.29, 0.717) is 12.2 Å². The molecule has 0 saturated carbocycles. The number of nitrogens with two attached hydrogens (primary N) is 1. The third-order valence-electron chi connectivity index (χ3n) is 3.99. The number of nitrogens with zero attached hydrogens (tertiary/aromatic N) is 1. The Labute approximate surface area is 120 Å². The highest BCUT2D eigenvalue weighted by atomic mass is 16.5. The minimum atomic E-state index is -0.295. The summed E-state index contributed by atoms with van der Waals surface area (Å²) in [6, 6.07) is 6.99. The van der Waals surface area contributed by atoms with E-state index in [1.165, 1.54) is 0 Å². The lowest BCUT2D eigenvalue weighted by atomic mass is 10.0. The van der Waals surface area contributed by atoms with Crippen LogP contribution in [0, 0.1) is 11.8 Å². The maximum absolute atomic E-state index is 11.3. The molecule has 1 saturated heterocycles. The van der Waals surface area contributed by atoms with Crippen molar-refractivity contribution in [2.75, 3.05) is 26.2 Å². The van der Waals surface area contributed by atoms with Crippen LogP contribution >= 0.6 is 0 Å². The van der Waals surface area contributed by atoms with Gasteiger partial charge in [-0.15, -0.1) is 0 Å². The minimum Gasteiger partial charge on any atom is -0.492 e. The molecular formula is C15H23N3O2. The number of ether oxygens (including phenoxy) is 1. The third-order valence-corrected chi connectivity index (χ3v) is 3.99. The molecule has 1 fully saturated rings. The second-order valence-corrected chi connectivity index (χ2v) is 5.56. The average molecular weight is 277 g/mol. The quantitative estimate of drug-likeness (QED) is 0.483. The van der Waals surface area contributed by atoms with Crippen LogP contribution in [0.5, 0.6) is 5.75 Å². The molecule has 5 nitrogen and oxygen atoms in total. The first kappa shape index (κ1) is 14.8. The fourth-order valence-electron chi connectivity index (χ4n) is 2.51. The van der Waals surface area contributed by atoms with E-state index in [0.717, 1.165) is 37.2 Å². The summed E-state index contributed by atoms with van der Waals surface area (Å²) in [6.45, 7) is 8.52. The zero-order chi connectivity index (χ0) is 14.5. The summed E-state index contributed by atoms with van der Waals surface area (Å²) < 4.78 is 5.70. The Hall–Kier alpha value is -1.59. The molecule has 3 N–H and O–H groups in total. The number of hydrogen-bond acceptors (Lipinski definition) is 4. The average Bonchev–Trinajstić information content (AvgIpc) is 2.77. The zero-order valence-electron chi connectivity index (χ0n) is 12.1. The lowest BCUT2D eigenvalue weighted by Crippen LogP contribution is -2.29. The fraction of sp³-hybridized carbons (Fsp3) is 0.533. The van der Waals surface area contributed by atoms with E-state index in [1.54, 1.807) is 24.3 Å². The number of nitrogens with one attached hydrogen (secondary N) is 1. The number of amides is 1. The summed E-state index contributed by atoms with van der Waals surface area (Å²) in [7, 11) is 0. The van der Waals surface area contributed by atoms with Crippen LogP contribution in [0.4, 0.5) is 0 Å². The molecule has 1 aromatic rings. The van der Waals surface area contributed by atoms with Gasteiger partial charge in [0.1, 0.15) is 12.4 Å². The Morgan fingerprint density at radius 2 is 1.90 bits per heavy atom. The molecule has 0 radical (unpaired) electrons. The van der Waals surface area contributed by atoms with Gasteiger partial charge >= 0.3 is 0 Å². The van der Waals surface area contributed by atoms with E-state index < -0.39 is 0 Å². The first-order valence-corrected chi connectivity index (χ1v) is 7.06. The number of benzene rings is 1. The number of hydrazine groups is 1. The monoisotopic (exact) mass is 277 g/mol. The van der Waals surface area contributed by atoms with Gasteiger partial charge in [0.25, 0.3) is 5.91 Å². The number of carbonyl (C=O) groups excluding carboxylic acids is 1. The first-order valence-electron chi connectivity index (χ1n) is 7.06. The molecule has 2 atom stereocenters. The molecule has 2 rings (SSSR count). The van der Waals surface area contributed by atoms with Crippen LogP contribution in [-0.2, 0) is 0 Å². The molecule has 1 aliphatic heterocycles. The molecule has 110 valence electrons. The summed E-state index contributed by atoms with van der Waals surface area (Å²) >= 11 is 0. The third kappa shape index (κ3) is 3.71. The molecule has 0 aromatic heterocycles. The SMILES string of the molecule is CC1CN(CCOc2ccc(C(=O)NN)cc2)CC1C. The van der Waals surface area contributed by atoms with Gasteiger partial charge in [0.15, 0.2) is 0 Å². The Bertz CT molecular complexity index is 437. The van der Waals surface area contributed by atoms with Crippen LogP contribution in [0.25, 0.3) is 0 Å². The maximum Gasteiger partial charge on any atom is 0.265 e. The van der Waals surface area contributed by atoms with Gasteiger partial charge in [-0.05, 0) is 36.1 Å². The number of carbonyl (C=O) groups is 1. The normalized spacial score (nSPS) is 22.8. The van der Waals surface area contributed by atoms with Crippen LogP contribution in [0.1, 0.15) is 24.2 Å². The van der Waals surface area contributed by atoms with Gasteiger partial charge in [0, 0.05) is 25.2 Å². The molecular weight excluding hydrogens is 254 g/mol. The van der Waals surface area contributed by atoms with Gasteiger partial charge in [0.05, 0.1) is 0 Å². The largest absolute Gasteiger partial charge is 0.492 e. The molecule has 1 aromatic carbocycles. The highest BCUT2D eigenvalue weighted by molar-refractivity contribution is 5.93. The smallest absolute Gasteiger partial charge is 0.265 e. The zero-order valence-corrected chi connectivity index (χ0v) is 12.1. The second kappa shape index (κ2) is 6.72. The molecule has 1 heterocycles. The Morgan fingerprint density at radius 3 is 2.45 bits per heavy atom. The standard InChI is InChI=1S/C15H23N3O2/c1-11-9-18(10-12(11)2)7-8-20-14-5-3-13(4-6-14)15(19)17-16/h3-6,11-12H,7-10,16H2,1-2H3,(H,17,19). The van der Waals surface area contributed by atoms with Crippen molar-refractivity contribution in [3.63, 3.8) is 0 Å². The lowest BCUT2D eigenvalue weighted by Gasteiger charge is -2.15. The number of rotatable bonds is 5. The number of likely N-dealkylation sites (tertiary alicyclic amines) is 1. The fourth-order valence-corrected chi connectivity index (χ4v) is 2.51. The Balaban J connectivity index is 1.76. The van der Waals surface area contributed by atoms with Crippen LogP contribution in [0.2, 0.25) is 0 Å². The first-order chi connectivity index (χ1) is 9.60. The molecule has 0 aliphatic carbocycles. The van der Waals surface area contributed by atoms with E-state index in [4.69, 9.17) is 10.6 Å². The van der Waals surface area contributed by atoms with Crippen molar-refractivity contribution in [1.29, 1.82) is 0 Å². The van der Waals surface area contributed by atoms with Crippen molar-refractivity contribution in [2.24, 2.45) is 17.7 Å². The molecule has 1 amide bonds. The van der Waals surface area contributed by atoms with Gasteiger partial charge < -0.3 is 4.74 Å². The van der Waals surface area contributed by atoms with E-state index >= 15 is 0 Å². The Kier molecular flexibility index (Phi) is 4.98. The minimum absolute atomic E-state index is 0.295. The second-order valence-electron chi connectivity index (χ2n) is 5.56. The summed E-state index contributed by atoms with van der Waals surface area (Å²) in [5, 5.41) is 0. The van der Waals surface area contributed by atoms with Crippen molar-refractivity contribution >= 4 is 5.91 Å². The lowest BCUT2D eigenvalue weighted by molar-refractivity contribution is 0.0953.